The quantitative estimate of drug-likeness (QED) is 0.326. The van der Waals surface area contributed by atoms with Crippen molar-refractivity contribution in [1.29, 1.82) is 0 Å². The van der Waals surface area contributed by atoms with Gasteiger partial charge in [0.05, 0.1) is 12.1 Å². The van der Waals surface area contributed by atoms with E-state index in [1.807, 2.05) is 33.8 Å². The van der Waals surface area contributed by atoms with Gasteiger partial charge in [-0.05, 0) is 62.8 Å². The topological polar surface area (TPSA) is 42.0 Å². The molecule has 5 rings (SSSR count). The minimum Gasteiger partial charge on any atom is -0.441 e. The molecule has 5 heteroatoms. The fourth-order valence-corrected chi connectivity index (χ4v) is 6.07. The molecule has 0 radical (unpaired) electrons. The number of rotatable bonds is 7. The van der Waals surface area contributed by atoms with Gasteiger partial charge in [-0.15, -0.1) is 0 Å². The van der Waals surface area contributed by atoms with E-state index in [-0.39, 0.29) is 18.2 Å². The van der Waals surface area contributed by atoms with E-state index in [2.05, 4.69) is 95.9 Å². The molecule has 1 amide bonds. The van der Waals surface area contributed by atoms with Crippen molar-refractivity contribution in [2.45, 2.75) is 77.0 Å². The monoisotopic (exact) mass is 524 g/mol. The lowest BCUT2D eigenvalue weighted by Gasteiger charge is -2.37. The van der Waals surface area contributed by atoms with Crippen LogP contribution in [0.5, 0.6) is 0 Å². The van der Waals surface area contributed by atoms with Crippen LogP contribution in [0, 0.1) is 0 Å². The Morgan fingerprint density at radius 3 is 1.92 bits per heavy atom. The van der Waals surface area contributed by atoms with Crippen LogP contribution in [0.2, 0.25) is 0 Å². The molecular formula is C34H40N2O3. The average molecular weight is 525 g/mol. The maximum Gasteiger partial charge on any atom is 0.413 e. The lowest BCUT2D eigenvalue weighted by atomic mass is 10.0. The summed E-state index contributed by atoms with van der Waals surface area (Å²) in [6.45, 7) is 10.0. The first-order valence-electron chi connectivity index (χ1n) is 14.0. The number of nitrogens with zero attached hydrogens (tertiary/aromatic N) is 2. The Kier molecular flexibility index (Phi) is 7.92. The van der Waals surface area contributed by atoms with E-state index in [1.165, 1.54) is 11.1 Å². The third-order valence-corrected chi connectivity index (χ3v) is 7.84. The van der Waals surface area contributed by atoms with Crippen molar-refractivity contribution in [3.63, 3.8) is 0 Å². The molecule has 0 bridgehead atoms. The number of carbonyl (C=O) groups is 1. The van der Waals surface area contributed by atoms with E-state index in [0.29, 0.717) is 6.61 Å². The highest BCUT2D eigenvalue weighted by molar-refractivity contribution is 5.71. The fraction of sp³-hybridized carbons (Fsp3) is 0.382. The normalized spacial score (nSPS) is 22.9. The lowest BCUT2D eigenvalue weighted by molar-refractivity contribution is -0.0557. The summed E-state index contributed by atoms with van der Waals surface area (Å²) in [5.74, 6) is 0. The molecule has 3 aromatic rings. The van der Waals surface area contributed by atoms with Gasteiger partial charge in [-0.25, -0.2) is 4.79 Å². The Morgan fingerprint density at radius 1 is 0.872 bits per heavy atom. The molecule has 2 fully saturated rings. The second-order valence-electron chi connectivity index (χ2n) is 11.8. The molecule has 3 aromatic carbocycles. The largest absolute Gasteiger partial charge is 0.441 e. The molecule has 1 aliphatic carbocycles. The third-order valence-electron chi connectivity index (χ3n) is 7.84. The molecule has 5 nitrogen and oxygen atoms in total. The predicted octanol–water partition coefficient (Wildman–Crippen LogP) is 7.29. The molecule has 2 aliphatic rings. The Hall–Kier alpha value is -3.41. The van der Waals surface area contributed by atoms with Crippen LogP contribution in [-0.2, 0) is 22.6 Å². The van der Waals surface area contributed by atoms with E-state index in [0.717, 1.165) is 37.1 Å². The van der Waals surface area contributed by atoms with Gasteiger partial charge in [-0.1, -0.05) is 97.1 Å². The molecule has 39 heavy (non-hydrogen) atoms. The number of amides is 1. The predicted molar refractivity (Wildman–Crippen MR) is 156 cm³/mol. The van der Waals surface area contributed by atoms with Gasteiger partial charge in [0.15, 0.2) is 0 Å². The van der Waals surface area contributed by atoms with Crippen molar-refractivity contribution in [2.75, 3.05) is 6.61 Å². The molecule has 1 heterocycles. The van der Waals surface area contributed by atoms with Crippen LogP contribution >= 0.6 is 0 Å². The van der Waals surface area contributed by atoms with Gasteiger partial charge in [0.2, 0.25) is 0 Å². The maximum absolute atomic E-state index is 13.7. The molecule has 2 atom stereocenters. The zero-order valence-corrected chi connectivity index (χ0v) is 23.5. The van der Waals surface area contributed by atoms with E-state index in [4.69, 9.17) is 9.47 Å². The fourth-order valence-electron chi connectivity index (χ4n) is 6.07. The van der Waals surface area contributed by atoms with E-state index in [9.17, 15) is 4.79 Å². The summed E-state index contributed by atoms with van der Waals surface area (Å²) in [6, 6.07) is 31.7. The summed E-state index contributed by atoms with van der Waals surface area (Å²) in [5, 5.41) is 0. The average Bonchev–Trinajstić information content (AvgIpc) is 3.40. The van der Waals surface area contributed by atoms with Crippen molar-refractivity contribution >= 4 is 12.2 Å². The minimum atomic E-state index is -0.714. The first-order valence-corrected chi connectivity index (χ1v) is 14.0. The Bertz CT molecular complexity index is 1210. The summed E-state index contributed by atoms with van der Waals surface area (Å²) in [4.78, 5) is 18.0. The standard InChI is InChI=1S/C34H40N2O3/c1-33(2)25-38-34(3,4)36(33)32(37)39-31-21-20-30(29(31)22-26-14-8-5-9-15-26)35(23-27-16-10-6-11-17-27)24-28-18-12-7-13-19-28/h5-19,22,30-31H,20-21,23-25H2,1-4H3/b29-22+/t30-,31+/m0/s1. The highest BCUT2D eigenvalue weighted by Crippen LogP contribution is 2.39. The van der Waals surface area contributed by atoms with Gasteiger partial charge in [-0.2, -0.15) is 0 Å². The second-order valence-corrected chi connectivity index (χ2v) is 11.8. The SMILES string of the molecule is CC1(C)COC(C)(C)N1C(=O)O[C@@H]1CC[C@H](N(Cc2ccccc2)Cc2ccccc2)/C1=C\c1ccccc1. The Labute approximate surface area is 233 Å². The van der Waals surface area contributed by atoms with Crippen LogP contribution in [-0.4, -0.2) is 45.9 Å². The molecule has 1 aliphatic heterocycles. The maximum atomic E-state index is 13.7. The zero-order valence-electron chi connectivity index (χ0n) is 23.5. The smallest absolute Gasteiger partial charge is 0.413 e. The van der Waals surface area contributed by atoms with Gasteiger partial charge in [0.1, 0.15) is 11.8 Å². The third kappa shape index (κ3) is 6.26. The molecule has 0 unspecified atom stereocenters. The molecule has 1 saturated carbocycles. The van der Waals surface area contributed by atoms with Crippen LogP contribution in [0.15, 0.2) is 96.6 Å². The first-order chi connectivity index (χ1) is 18.7. The first kappa shape index (κ1) is 27.2. The molecule has 0 N–H and O–H groups in total. The van der Waals surface area contributed by atoms with E-state index in [1.54, 1.807) is 4.90 Å². The van der Waals surface area contributed by atoms with Crippen molar-refractivity contribution in [3.8, 4) is 0 Å². The van der Waals surface area contributed by atoms with Gasteiger partial charge >= 0.3 is 6.09 Å². The van der Waals surface area contributed by atoms with Gasteiger partial charge in [0.25, 0.3) is 0 Å². The summed E-state index contributed by atoms with van der Waals surface area (Å²) in [6.07, 6.45) is 3.31. The molecule has 204 valence electrons. The minimum absolute atomic E-state index is 0.138. The second kappa shape index (κ2) is 11.4. The Balaban J connectivity index is 1.47. The van der Waals surface area contributed by atoms with Gasteiger partial charge < -0.3 is 9.47 Å². The summed E-state index contributed by atoms with van der Waals surface area (Å²) in [7, 11) is 0. The number of hydrogen-bond acceptors (Lipinski definition) is 4. The van der Waals surface area contributed by atoms with Crippen molar-refractivity contribution in [3.05, 3.63) is 113 Å². The van der Waals surface area contributed by atoms with Crippen LogP contribution in [0.3, 0.4) is 0 Å². The van der Waals surface area contributed by atoms with Crippen LogP contribution in [0.25, 0.3) is 6.08 Å². The Morgan fingerprint density at radius 2 is 1.41 bits per heavy atom. The molecular weight excluding hydrogens is 484 g/mol. The van der Waals surface area contributed by atoms with Gasteiger partial charge in [-0.3, -0.25) is 9.80 Å². The highest BCUT2D eigenvalue weighted by Gasteiger charge is 2.50. The highest BCUT2D eigenvalue weighted by atomic mass is 16.6. The number of carbonyl (C=O) groups excluding carboxylic acids is 1. The number of hydrogen-bond donors (Lipinski definition) is 0. The van der Waals surface area contributed by atoms with Crippen molar-refractivity contribution in [2.24, 2.45) is 0 Å². The van der Waals surface area contributed by atoms with Crippen molar-refractivity contribution in [1.82, 2.24) is 9.80 Å². The summed E-state index contributed by atoms with van der Waals surface area (Å²) < 4.78 is 12.3. The van der Waals surface area contributed by atoms with Crippen LogP contribution in [0.4, 0.5) is 4.79 Å². The number of benzene rings is 3. The zero-order chi connectivity index (χ0) is 27.5. The van der Waals surface area contributed by atoms with Crippen molar-refractivity contribution < 1.29 is 14.3 Å². The molecule has 1 saturated heterocycles. The summed E-state index contributed by atoms with van der Waals surface area (Å²) >= 11 is 0. The van der Waals surface area contributed by atoms with Gasteiger partial charge in [0, 0.05) is 19.1 Å². The lowest BCUT2D eigenvalue weighted by Crippen LogP contribution is -2.53. The summed E-state index contributed by atoms with van der Waals surface area (Å²) in [5.41, 5.74) is 3.65. The van der Waals surface area contributed by atoms with E-state index >= 15 is 0 Å². The number of ether oxygens (including phenoxy) is 2. The van der Waals surface area contributed by atoms with Crippen LogP contribution < -0.4 is 0 Å². The van der Waals surface area contributed by atoms with Crippen LogP contribution in [0.1, 0.15) is 57.2 Å². The van der Waals surface area contributed by atoms with E-state index < -0.39 is 11.3 Å². The molecule has 0 aromatic heterocycles. The molecule has 0 spiro atoms.